The summed E-state index contributed by atoms with van der Waals surface area (Å²) < 4.78 is 1.88. The van der Waals surface area contributed by atoms with Gasteiger partial charge in [-0.2, -0.15) is 0 Å². The van der Waals surface area contributed by atoms with Crippen LogP contribution < -0.4 is 14.4 Å². The summed E-state index contributed by atoms with van der Waals surface area (Å²) in [5.41, 5.74) is 0.991. The van der Waals surface area contributed by atoms with Gasteiger partial charge in [-0.15, -0.1) is 4.40 Å². The Balaban J connectivity index is 0.000000122. The number of allylic oxidation sites excluding steroid dienone is 2. The monoisotopic (exact) mass is 406 g/mol. The smallest absolute Gasteiger partial charge is 0.261 e. The summed E-state index contributed by atoms with van der Waals surface area (Å²) in [4.78, 5) is 13.2. The first-order chi connectivity index (χ1) is 13.7. The maximum Gasteiger partial charge on any atom is 0.261 e. The van der Waals surface area contributed by atoms with Gasteiger partial charge in [0.25, 0.3) is 4.83 Å². The van der Waals surface area contributed by atoms with Crippen molar-refractivity contribution in [2.45, 2.75) is 10.3 Å². The largest absolute Gasteiger partial charge is 0.867 e. The zero-order valence-corrected chi connectivity index (χ0v) is 16.1. The number of thiazole rings is 1. The Labute approximate surface area is 168 Å². The van der Waals surface area contributed by atoms with Gasteiger partial charge in [-0.1, -0.05) is 17.8 Å². The van der Waals surface area contributed by atoms with Crippen molar-refractivity contribution in [1.29, 1.82) is 0 Å². The van der Waals surface area contributed by atoms with Gasteiger partial charge >= 0.3 is 0 Å². The molecular weight excluding hydrogens is 392 g/mol. The molecule has 6 rings (SSSR count). The molecule has 4 aromatic rings. The van der Waals surface area contributed by atoms with Crippen LogP contribution in [-0.4, -0.2) is 20.4 Å². The van der Waals surface area contributed by atoms with E-state index in [4.69, 9.17) is 0 Å². The number of aliphatic hydroxyl groups is 1. The molecule has 0 saturated heterocycles. The van der Waals surface area contributed by atoms with E-state index in [0.29, 0.717) is 5.76 Å². The second-order valence-corrected chi connectivity index (χ2v) is 8.21. The highest BCUT2D eigenvalue weighted by Crippen LogP contribution is 2.45. The molecule has 2 aliphatic heterocycles. The molecule has 0 fully saturated rings. The van der Waals surface area contributed by atoms with Crippen molar-refractivity contribution in [3.05, 3.63) is 79.1 Å². The molecule has 0 aliphatic carbocycles. The first-order valence-corrected chi connectivity index (χ1v) is 10.2. The molecule has 28 heavy (non-hydrogen) atoms. The second kappa shape index (κ2) is 6.81. The van der Waals surface area contributed by atoms with E-state index in [1.54, 1.807) is 42.4 Å². The lowest BCUT2D eigenvalue weighted by Crippen LogP contribution is -2.27. The summed E-state index contributed by atoms with van der Waals surface area (Å²) in [5.74, 6) is 1.37. The molecule has 0 spiro atoms. The van der Waals surface area contributed by atoms with E-state index in [9.17, 15) is 10.2 Å². The van der Waals surface area contributed by atoms with E-state index < -0.39 is 0 Å². The topological polar surface area (TPSA) is 76.4 Å². The standard InChI is InChI=1S/C10H8N2OS.C10H6N2OS/c13-7-3-2-6-12-9-8(14-10(7)12)4-1-5-11-9;13-8-4-2-6-12-7-3-1-5-11-9(7)14-10(8)12/h1-6,10,13H;1-6H. The Morgan fingerprint density at radius 3 is 2.89 bits per heavy atom. The Morgan fingerprint density at radius 2 is 1.96 bits per heavy atom. The SMILES string of the molecule is OC1=CC=CN2c3ncccc3SC12.[O-]c1ccc[n+]2c1sc1ncccc12. The van der Waals surface area contributed by atoms with Crippen molar-refractivity contribution in [1.82, 2.24) is 9.97 Å². The molecule has 0 radical (unpaired) electrons. The second-order valence-electron chi connectivity index (χ2n) is 6.11. The first-order valence-electron chi connectivity index (χ1n) is 8.54. The Bertz CT molecular complexity index is 1250. The maximum atomic E-state index is 11.5. The number of aromatic nitrogens is 3. The predicted molar refractivity (Wildman–Crippen MR) is 108 cm³/mol. The minimum atomic E-state index is -0.0232. The third-order valence-electron chi connectivity index (χ3n) is 4.37. The van der Waals surface area contributed by atoms with E-state index in [0.717, 1.165) is 25.9 Å². The molecule has 2 aliphatic rings. The molecule has 6 nitrogen and oxygen atoms in total. The lowest BCUT2D eigenvalue weighted by Gasteiger charge is -2.23. The normalized spacial score (nSPS) is 17.1. The van der Waals surface area contributed by atoms with Crippen LogP contribution in [0.1, 0.15) is 0 Å². The number of nitrogens with zero attached hydrogens (tertiary/aromatic N) is 4. The van der Waals surface area contributed by atoms with Crippen LogP contribution in [0.15, 0.2) is 84.0 Å². The number of pyridine rings is 3. The summed E-state index contributed by atoms with van der Waals surface area (Å²) >= 11 is 3.05. The fourth-order valence-corrected chi connectivity index (χ4v) is 5.26. The van der Waals surface area contributed by atoms with E-state index in [1.807, 2.05) is 52.0 Å². The van der Waals surface area contributed by atoms with Gasteiger partial charge in [0, 0.05) is 30.7 Å². The molecule has 0 saturated carbocycles. The number of hydrogen-bond acceptors (Lipinski definition) is 7. The number of fused-ring (bicyclic) bond motifs is 6. The van der Waals surface area contributed by atoms with Crippen molar-refractivity contribution < 1.29 is 14.6 Å². The minimum Gasteiger partial charge on any atom is -0.867 e. The Morgan fingerprint density at radius 1 is 1.11 bits per heavy atom. The van der Waals surface area contributed by atoms with Gasteiger partial charge in [0.1, 0.15) is 17.0 Å². The number of rotatable bonds is 0. The number of thioether (sulfide) groups is 1. The Kier molecular flexibility index (Phi) is 4.14. The molecule has 8 heteroatoms. The van der Waals surface area contributed by atoms with Crippen molar-refractivity contribution >= 4 is 44.1 Å². The number of hydrogen-bond donors (Lipinski definition) is 1. The van der Waals surface area contributed by atoms with Crippen LogP contribution in [0, 0.1) is 0 Å². The summed E-state index contributed by atoms with van der Waals surface area (Å²) in [5, 5.41) is 21.2. The minimum absolute atomic E-state index is 0.0232. The van der Waals surface area contributed by atoms with Gasteiger partial charge in [0.05, 0.1) is 4.90 Å². The van der Waals surface area contributed by atoms with Crippen LogP contribution in [0.4, 0.5) is 5.82 Å². The van der Waals surface area contributed by atoms with E-state index in [1.165, 1.54) is 11.3 Å². The molecule has 4 aromatic heterocycles. The lowest BCUT2D eigenvalue weighted by molar-refractivity contribution is -0.482. The fourth-order valence-electron chi connectivity index (χ4n) is 3.12. The summed E-state index contributed by atoms with van der Waals surface area (Å²) in [6, 6.07) is 11.1. The average molecular weight is 406 g/mol. The molecule has 0 amide bonds. The quantitative estimate of drug-likeness (QED) is 0.451. The number of aliphatic hydroxyl groups excluding tert-OH is 1. The van der Waals surface area contributed by atoms with E-state index in [2.05, 4.69) is 9.97 Å². The molecule has 1 atom stereocenters. The van der Waals surface area contributed by atoms with Gasteiger partial charge in [-0.05, 0) is 47.4 Å². The van der Waals surface area contributed by atoms with Crippen LogP contribution >= 0.6 is 23.1 Å². The molecule has 6 heterocycles. The average Bonchev–Trinajstić information content (AvgIpc) is 3.29. The van der Waals surface area contributed by atoms with Crippen molar-refractivity contribution in [3.8, 4) is 5.75 Å². The van der Waals surface area contributed by atoms with Gasteiger partial charge in [0.15, 0.2) is 11.0 Å². The fraction of sp³-hybridized carbons (Fsp3) is 0.0500. The maximum absolute atomic E-state index is 11.5. The third-order valence-corrected chi connectivity index (χ3v) is 6.73. The Hall–Kier alpha value is -3.10. The molecule has 0 bridgehead atoms. The van der Waals surface area contributed by atoms with E-state index >= 15 is 0 Å². The predicted octanol–water partition coefficient (Wildman–Crippen LogP) is 3.40. The van der Waals surface area contributed by atoms with Crippen LogP contribution in [0.2, 0.25) is 0 Å². The molecule has 138 valence electrons. The molecular formula is C20H14N4O2S2. The van der Waals surface area contributed by atoms with Gasteiger partial charge in [-0.25, -0.2) is 9.97 Å². The van der Waals surface area contributed by atoms with E-state index in [-0.39, 0.29) is 11.1 Å². The summed E-state index contributed by atoms with van der Waals surface area (Å²) in [7, 11) is 0. The molecule has 1 unspecified atom stereocenters. The summed E-state index contributed by atoms with van der Waals surface area (Å²) in [6.45, 7) is 0. The highest BCUT2D eigenvalue weighted by atomic mass is 32.2. The van der Waals surface area contributed by atoms with Crippen molar-refractivity contribution in [3.63, 3.8) is 0 Å². The van der Waals surface area contributed by atoms with Gasteiger partial charge in [-0.3, -0.25) is 0 Å². The third kappa shape index (κ3) is 2.78. The highest BCUT2D eigenvalue weighted by Gasteiger charge is 2.33. The van der Waals surface area contributed by atoms with Crippen LogP contribution in [0.3, 0.4) is 0 Å². The highest BCUT2D eigenvalue weighted by molar-refractivity contribution is 8.00. The molecule has 1 N–H and O–H groups in total. The first kappa shape index (κ1) is 17.0. The van der Waals surface area contributed by atoms with Crippen LogP contribution in [-0.2, 0) is 0 Å². The zero-order chi connectivity index (χ0) is 19.1. The van der Waals surface area contributed by atoms with Crippen molar-refractivity contribution in [2.75, 3.05) is 4.90 Å². The number of anilines is 1. The van der Waals surface area contributed by atoms with Gasteiger partial charge in [0.2, 0.25) is 5.52 Å². The summed E-state index contributed by atoms with van der Waals surface area (Å²) in [6.07, 6.45) is 10.9. The van der Waals surface area contributed by atoms with Gasteiger partial charge < -0.3 is 15.1 Å². The molecule has 0 aromatic carbocycles. The van der Waals surface area contributed by atoms with Crippen molar-refractivity contribution in [2.24, 2.45) is 0 Å². The van der Waals surface area contributed by atoms with Crippen LogP contribution in [0.25, 0.3) is 15.2 Å². The zero-order valence-electron chi connectivity index (χ0n) is 14.5. The van der Waals surface area contributed by atoms with Crippen LogP contribution in [0.5, 0.6) is 5.75 Å². The lowest BCUT2D eigenvalue weighted by atomic mass is 10.3.